The highest BCUT2D eigenvalue weighted by molar-refractivity contribution is 5.07. The van der Waals surface area contributed by atoms with Crippen molar-refractivity contribution in [2.45, 2.75) is 77.8 Å². The molecule has 1 N–H and O–H groups in total. The minimum atomic E-state index is 0.643. The molecule has 4 atom stereocenters. The molecule has 1 heteroatoms. The largest absolute Gasteiger partial charge is 0.311 e. The van der Waals surface area contributed by atoms with Crippen molar-refractivity contribution >= 4 is 0 Å². The third-order valence-corrected chi connectivity index (χ3v) is 6.41. The van der Waals surface area contributed by atoms with Crippen molar-refractivity contribution in [3.63, 3.8) is 0 Å². The number of nitrogens with one attached hydrogen (secondary N) is 1. The molecule has 0 aromatic carbocycles. The van der Waals surface area contributed by atoms with Crippen LogP contribution in [0.5, 0.6) is 0 Å². The summed E-state index contributed by atoms with van der Waals surface area (Å²) in [6.45, 7) is 7.50. The Morgan fingerprint density at radius 1 is 1.00 bits per heavy atom. The third kappa shape index (κ3) is 1.95. The van der Waals surface area contributed by atoms with Gasteiger partial charge in [0.1, 0.15) is 0 Å². The molecule has 0 heterocycles. The van der Waals surface area contributed by atoms with Gasteiger partial charge < -0.3 is 5.32 Å². The number of fused-ring (bicyclic) bond motifs is 2. The lowest BCUT2D eigenvalue weighted by atomic mass is 9.44. The van der Waals surface area contributed by atoms with Gasteiger partial charge in [-0.1, -0.05) is 40.0 Å². The second-order valence-electron chi connectivity index (χ2n) is 7.56. The SMILES string of the molecule is C[C@@H]1[C@@H](NC2CCCCC2)C[C@H]2C[C@H]1C2(C)C. The highest BCUT2D eigenvalue weighted by atomic mass is 15.0. The fourth-order valence-corrected chi connectivity index (χ4v) is 4.94. The highest BCUT2D eigenvalue weighted by Gasteiger charge is 2.56. The summed E-state index contributed by atoms with van der Waals surface area (Å²) in [4.78, 5) is 0. The molecule has 0 unspecified atom stereocenters. The van der Waals surface area contributed by atoms with Gasteiger partial charge in [0.15, 0.2) is 0 Å². The smallest absolute Gasteiger partial charge is 0.0101 e. The molecule has 2 bridgehead atoms. The number of hydrogen-bond donors (Lipinski definition) is 1. The van der Waals surface area contributed by atoms with Crippen molar-refractivity contribution in [3.8, 4) is 0 Å². The lowest BCUT2D eigenvalue weighted by molar-refractivity contribution is -0.117. The fraction of sp³-hybridized carbons (Fsp3) is 1.00. The zero-order chi connectivity index (χ0) is 12.0. The molecule has 0 radical (unpaired) electrons. The summed E-state index contributed by atoms with van der Waals surface area (Å²) in [5.41, 5.74) is 0.643. The van der Waals surface area contributed by atoms with Crippen LogP contribution in [-0.2, 0) is 0 Å². The van der Waals surface area contributed by atoms with Crippen LogP contribution in [0.4, 0.5) is 0 Å². The van der Waals surface area contributed by atoms with Crippen LogP contribution in [0, 0.1) is 23.2 Å². The van der Waals surface area contributed by atoms with Crippen LogP contribution in [0.1, 0.15) is 65.7 Å². The fourth-order valence-electron chi connectivity index (χ4n) is 4.94. The van der Waals surface area contributed by atoms with Crippen LogP contribution < -0.4 is 5.32 Å². The Kier molecular flexibility index (Phi) is 3.01. The molecule has 0 aromatic heterocycles. The quantitative estimate of drug-likeness (QED) is 0.763. The van der Waals surface area contributed by atoms with Gasteiger partial charge in [-0.15, -0.1) is 0 Å². The maximum absolute atomic E-state index is 4.01. The average molecular weight is 235 g/mol. The zero-order valence-electron chi connectivity index (χ0n) is 11.8. The van der Waals surface area contributed by atoms with E-state index in [1.807, 2.05) is 0 Å². The Labute approximate surface area is 107 Å². The molecule has 0 aromatic rings. The predicted molar refractivity (Wildman–Crippen MR) is 73.0 cm³/mol. The van der Waals surface area contributed by atoms with Crippen LogP contribution in [0.25, 0.3) is 0 Å². The highest BCUT2D eigenvalue weighted by Crippen LogP contribution is 2.61. The molecule has 4 saturated carbocycles. The number of hydrogen-bond acceptors (Lipinski definition) is 1. The molecule has 0 saturated heterocycles. The first-order valence-corrected chi connectivity index (χ1v) is 7.85. The summed E-state index contributed by atoms with van der Waals surface area (Å²) in [5.74, 6) is 2.89. The van der Waals surface area contributed by atoms with Crippen molar-refractivity contribution in [3.05, 3.63) is 0 Å². The van der Waals surface area contributed by atoms with Gasteiger partial charge in [-0.05, 0) is 48.9 Å². The molecular weight excluding hydrogens is 206 g/mol. The van der Waals surface area contributed by atoms with E-state index in [2.05, 4.69) is 26.1 Å². The van der Waals surface area contributed by atoms with Crippen molar-refractivity contribution in [2.24, 2.45) is 23.2 Å². The van der Waals surface area contributed by atoms with E-state index < -0.39 is 0 Å². The summed E-state index contributed by atoms with van der Waals surface area (Å²) in [6.07, 6.45) is 10.2. The van der Waals surface area contributed by atoms with E-state index in [4.69, 9.17) is 0 Å². The second kappa shape index (κ2) is 4.26. The van der Waals surface area contributed by atoms with Gasteiger partial charge >= 0.3 is 0 Å². The van der Waals surface area contributed by atoms with Crippen molar-refractivity contribution in [1.29, 1.82) is 0 Å². The first kappa shape index (κ1) is 12.0. The van der Waals surface area contributed by atoms with E-state index in [-0.39, 0.29) is 0 Å². The van der Waals surface area contributed by atoms with Gasteiger partial charge in [0, 0.05) is 12.1 Å². The first-order chi connectivity index (χ1) is 8.09. The van der Waals surface area contributed by atoms with E-state index in [0.717, 1.165) is 29.8 Å². The van der Waals surface area contributed by atoms with Crippen molar-refractivity contribution in [2.75, 3.05) is 0 Å². The Bertz CT molecular complexity index is 277. The maximum atomic E-state index is 4.01. The zero-order valence-corrected chi connectivity index (χ0v) is 11.8. The molecule has 4 fully saturated rings. The van der Waals surface area contributed by atoms with Crippen LogP contribution in [-0.4, -0.2) is 12.1 Å². The summed E-state index contributed by atoms with van der Waals surface area (Å²) in [6, 6.07) is 1.67. The van der Waals surface area contributed by atoms with Crippen LogP contribution >= 0.6 is 0 Å². The van der Waals surface area contributed by atoms with E-state index >= 15 is 0 Å². The van der Waals surface area contributed by atoms with E-state index in [1.54, 1.807) is 0 Å². The summed E-state index contributed by atoms with van der Waals surface area (Å²) in [7, 11) is 0. The number of rotatable bonds is 2. The molecule has 17 heavy (non-hydrogen) atoms. The van der Waals surface area contributed by atoms with Gasteiger partial charge in [-0.2, -0.15) is 0 Å². The monoisotopic (exact) mass is 235 g/mol. The van der Waals surface area contributed by atoms with Gasteiger partial charge in [0.25, 0.3) is 0 Å². The van der Waals surface area contributed by atoms with Crippen LogP contribution in [0.3, 0.4) is 0 Å². The molecular formula is C16H29N. The summed E-state index contributed by atoms with van der Waals surface area (Å²) in [5, 5.41) is 4.01. The second-order valence-corrected chi connectivity index (χ2v) is 7.56. The molecule has 0 aliphatic heterocycles. The topological polar surface area (TPSA) is 12.0 Å². The molecule has 0 amide bonds. The van der Waals surface area contributed by atoms with Gasteiger partial charge in [0.2, 0.25) is 0 Å². The minimum Gasteiger partial charge on any atom is -0.311 e. The third-order valence-electron chi connectivity index (χ3n) is 6.41. The van der Waals surface area contributed by atoms with Gasteiger partial charge in [-0.25, -0.2) is 0 Å². The Balaban J connectivity index is 1.59. The van der Waals surface area contributed by atoms with Gasteiger partial charge in [0.05, 0.1) is 0 Å². The van der Waals surface area contributed by atoms with E-state index in [0.29, 0.717) is 5.41 Å². The molecule has 4 rings (SSSR count). The van der Waals surface area contributed by atoms with Crippen molar-refractivity contribution in [1.82, 2.24) is 5.32 Å². The van der Waals surface area contributed by atoms with Gasteiger partial charge in [-0.3, -0.25) is 0 Å². The Hall–Kier alpha value is -0.0400. The minimum absolute atomic E-state index is 0.643. The summed E-state index contributed by atoms with van der Waals surface area (Å²) >= 11 is 0. The summed E-state index contributed by atoms with van der Waals surface area (Å²) < 4.78 is 0. The van der Waals surface area contributed by atoms with Crippen LogP contribution in [0.2, 0.25) is 0 Å². The Morgan fingerprint density at radius 3 is 2.29 bits per heavy atom. The average Bonchev–Trinajstić information content (AvgIpc) is 2.32. The molecule has 98 valence electrons. The predicted octanol–water partition coefficient (Wildman–Crippen LogP) is 3.98. The molecule has 1 nitrogen and oxygen atoms in total. The normalized spacial score (nSPS) is 45.4. The molecule has 0 spiro atoms. The van der Waals surface area contributed by atoms with E-state index in [1.165, 1.54) is 44.9 Å². The first-order valence-electron chi connectivity index (χ1n) is 7.85. The standard InChI is InChI=1S/C16H29N/c1-11-14-9-12(16(14,2)3)10-15(11)17-13-7-5-4-6-8-13/h11-15,17H,4-10H2,1-3H3/t11-,12+,14+,15-/m0/s1. The molecule has 4 aliphatic rings. The van der Waals surface area contributed by atoms with E-state index in [9.17, 15) is 0 Å². The maximum Gasteiger partial charge on any atom is 0.0101 e. The lowest BCUT2D eigenvalue weighted by Gasteiger charge is -2.62. The van der Waals surface area contributed by atoms with Crippen LogP contribution in [0.15, 0.2) is 0 Å². The lowest BCUT2D eigenvalue weighted by Crippen LogP contribution is -2.61. The van der Waals surface area contributed by atoms with Crippen molar-refractivity contribution < 1.29 is 0 Å². The molecule has 4 aliphatic carbocycles. The Morgan fingerprint density at radius 2 is 1.71 bits per heavy atom.